The first kappa shape index (κ1) is 20.2. The molecule has 0 saturated heterocycles. The van der Waals surface area contributed by atoms with E-state index >= 15 is 0 Å². The Morgan fingerprint density at radius 1 is 1.42 bits per heavy atom. The molecule has 9 heteroatoms. The van der Waals surface area contributed by atoms with Crippen LogP contribution in [0.5, 0.6) is 0 Å². The van der Waals surface area contributed by atoms with E-state index in [0.717, 1.165) is 31.8 Å². The standard InChI is InChI=1S/C17H30N6O3/c1-2-18-16(19-9-10-22-13-15(12-21-22)23(25)26)20-14-17(8-11-24)6-4-3-5-7-17/h12-13,24H,2-11,14H2,1H3,(H2,18,19,20). The van der Waals surface area contributed by atoms with Gasteiger partial charge < -0.3 is 15.7 Å². The van der Waals surface area contributed by atoms with Crippen molar-refractivity contribution in [2.75, 3.05) is 26.2 Å². The Hall–Kier alpha value is -2.16. The number of nitro groups is 1. The van der Waals surface area contributed by atoms with Gasteiger partial charge in [0.15, 0.2) is 5.96 Å². The van der Waals surface area contributed by atoms with Crippen LogP contribution >= 0.6 is 0 Å². The maximum Gasteiger partial charge on any atom is 0.306 e. The van der Waals surface area contributed by atoms with Gasteiger partial charge >= 0.3 is 5.69 Å². The molecule has 0 spiro atoms. The molecule has 0 aliphatic heterocycles. The van der Waals surface area contributed by atoms with Crippen LogP contribution in [0.25, 0.3) is 0 Å². The van der Waals surface area contributed by atoms with Gasteiger partial charge in [-0.3, -0.25) is 19.8 Å². The summed E-state index contributed by atoms with van der Waals surface area (Å²) in [6, 6.07) is 0. The molecule has 1 aromatic rings. The van der Waals surface area contributed by atoms with Gasteiger partial charge in [0.05, 0.1) is 11.5 Å². The Morgan fingerprint density at radius 2 is 2.19 bits per heavy atom. The van der Waals surface area contributed by atoms with Crippen molar-refractivity contribution in [2.24, 2.45) is 10.4 Å². The molecule has 1 aromatic heterocycles. The van der Waals surface area contributed by atoms with Gasteiger partial charge in [0, 0.05) is 26.2 Å². The molecule has 1 fully saturated rings. The molecule has 1 heterocycles. The maximum atomic E-state index is 10.7. The van der Waals surface area contributed by atoms with E-state index in [1.165, 1.54) is 31.7 Å². The van der Waals surface area contributed by atoms with Gasteiger partial charge in [-0.1, -0.05) is 19.3 Å². The molecule has 0 unspecified atom stereocenters. The molecule has 2 rings (SSSR count). The molecule has 0 amide bonds. The Labute approximate surface area is 154 Å². The quantitative estimate of drug-likeness (QED) is 0.265. The van der Waals surface area contributed by atoms with Crippen LogP contribution < -0.4 is 10.6 Å². The highest BCUT2D eigenvalue weighted by Crippen LogP contribution is 2.39. The maximum absolute atomic E-state index is 10.7. The average molecular weight is 366 g/mol. The molecule has 3 N–H and O–H groups in total. The third-order valence-electron chi connectivity index (χ3n) is 4.94. The number of guanidine groups is 1. The Kier molecular flexibility index (Phi) is 7.83. The Balaban J connectivity index is 1.89. The lowest BCUT2D eigenvalue weighted by Gasteiger charge is -2.35. The lowest BCUT2D eigenvalue weighted by molar-refractivity contribution is -0.385. The van der Waals surface area contributed by atoms with Crippen molar-refractivity contribution >= 4 is 11.6 Å². The largest absolute Gasteiger partial charge is 0.396 e. The number of aromatic nitrogens is 2. The highest BCUT2D eigenvalue weighted by molar-refractivity contribution is 5.79. The Bertz CT molecular complexity index is 590. The molecule has 0 atom stereocenters. The fourth-order valence-corrected chi connectivity index (χ4v) is 3.47. The first-order chi connectivity index (χ1) is 12.6. The Morgan fingerprint density at radius 3 is 2.81 bits per heavy atom. The minimum absolute atomic E-state index is 0.00572. The van der Waals surface area contributed by atoms with E-state index < -0.39 is 4.92 Å². The normalized spacial score (nSPS) is 17.1. The van der Waals surface area contributed by atoms with Crippen LogP contribution in [-0.2, 0) is 6.54 Å². The van der Waals surface area contributed by atoms with Gasteiger partial charge in [0.25, 0.3) is 0 Å². The van der Waals surface area contributed by atoms with Crippen molar-refractivity contribution in [2.45, 2.75) is 52.0 Å². The van der Waals surface area contributed by atoms with Crippen LogP contribution in [0.2, 0.25) is 0 Å². The van der Waals surface area contributed by atoms with Crippen LogP contribution in [0.1, 0.15) is 45.4 Å². The monoisotopic (exact) mass is 366 g/mol. The van der Waals surface area contributed by atoms with Gasteiger partial charge in [-0.15, -0.1) is 0 Å². The number of aliphatic imine (C=N–C) groups is 1. The van der Waals surface area contributed by atoms with Gasteiger partial charge in [-0.2, -0.15) is 5.10 Å². The van der Waals surface area contributed by atoms with Crippen molar-refractivity contribution < 1.29 is 10.0 Å². The predicted molar refractivity (Wildman–Crippen MR) is 100 cm³/mol. The van der Waals surface area contributed by atoms with Gasteiger partial charge in [-0.05, 0) is 31.6 Å². The number of aliphatic hydroxyl groups excluding tert-OH is 1. The first-order valence-corrected chi connectivity index (χ1v) is 9.38. The zero-order chi connectivity index (χ0) is 18.8. The topological polar surface area (TPSA) is 118 Å². The van der Waals surface area contributed by atoms with Crippen molar-refractivity contribution in [1.29, 1.82) is 0 Å². The molecular weight excluding hydrogens is 336 g/mol. The van der Waals surface area contributed by atoms with Crippen LogP contribution in [0.4, 0.5) is 5.69 Å². The summed E-state index contributed by atoms with van der Waals surface area (Å²) in [5.74, 6) is 0.733. The second kappa shape index (κ2) is 10.1. The fourth-order valence-electron chi connectivity index (χ4n) is 3.47. The molecular formula is C17H30N6O3. The summed E-state index contributed by atoms with van der Waals surface area (Å²) >= 11 is 0. The molecule has 0 bridgehead atoms. The van der Waals surface area contributed by atoms with E-state index in [4.69, 9.17) is 4.99 Å². The summed E-state index contributed by atoms with van der Waals surface area (Å²) in [6.45, 7) is 4.76. The van der Waals surface area contributed by atoms with Gasteiger partial charge in [-0.25, -0.2) is 0 Å². The summed E-state index contributed by atoms with van der Waals surface area (Å²) in [6.07, 6.45) is 9.39. The van der Waals surface area contributed by atoms with E-state index in [1.54, 1.807) is 4.68 Å². The van der Waals surface area contributed by atoms with Crippen LogP contribution in [0.15, 0.2) is 17.4 Å². The molecule has 9 nitrogen and oxygen atoms in total. The van der Waals surface area contributed by atoms with E-state index in [9.17, 15) is 15.2 Å². The lowest BCUT2D eigenvalue weighted by Crippen LogP contribution is -2.40. The number of hydrogen-bond acceptors (Lipinski definition) is 5. The summed E-state index contributed by atoms with van der Waals surface area (Å²) < 4.78 is 1.54. The predicted octanol–water partition coefficient (Wildman–Crippen LogP) is 1.68. The highest BCUT2D eigenvalue weighted by Gasteiger charge is 2.31. The molecule has 1 saturated carbocycles. The van der Waals surface area contributed by atoms with Crippen molar-refractivity contribution in [3.05, 3.63) is 22.5 Å². The second-order valence-electron chi connectivity index (χ2n) is 6.87. The van der Waals surface area contributed by atoms with Crippen LogP contribution in [-0.4, -0.2) is 52.0 Å². The smallest absolute Gasteiger partial charge is 0.306 e. The molecule has 26 heavy (non-hydrogen) atoms. The third kappa shape index (κ3) is 5.98. The third-order valence-corrected chi connectivity index (χ3v) is 4.94. The van der Waals surface area contributed by atoms with Crippen LogP contribution in [0.3, 0.4) is 0 Å². The summed E-state index contributed by atoms with van der Waals surface area (Å²) in [7, 11) is 0. The summed E-state index contributed by atoms with van der Waals surface area (Å²) in [4.78, 5) is 15.0. The summed E-state index contributed by atoms with van der Waals surface area (Å²) in [5, 5.41) is 30.6. The minimum atomic E-state index is -0.451. The molecule has 146 valence electrons. The molecule has 1 aliphatic rings. The van der Waals surface area contributed by atoms with E-state index in [-0.39, 0.29) is 17.7 Å². The number of aliphatic hydroxyl groups is 1. The second-order valence-corrected chi connectivity index (χ2v) is 6.87. The van der Waals surface area contributed by atoms with E-state index in [0.29, 0.717) is 19.6 Å². The van der Waals surface area contributed by atoms with Gasteiger partial charge in [0.1, 0.15) is 12.4 Å². The first-order valence-electron chi connectivity index (χ1n) is 9.38. The van der Waals surface area contributed by atoms with Crippen molar-refractivity contribution in [1.82, 2.24) is 20.4 Å². The molecule has 0 radical (unpaired) electrons. The number of rotatable bonds is 9. The van der Waals surface area contributed by atoms with E-state index in [1.807, 2.05) is 6.92 Å². The van der Waals surface area contributed by atoms with E-state index in [2.05, 4.69) is 15.7 Å². The minimum Gasteiger partial charge on any atom is -0.396 e. The number of hydrogen-bond donors (Lipinski definition) is 3. The zero-order valence-electron chi connectivity index (χ0n) is 15.5. The highest BCUT2D eigenvalue weighted by atomic mass is 16.6. The van der Waals surface area contributed by atoms with Crippen molar-refractivity contribution in [3.8, 4) is 0 Å². The molecule has 1 aliphatic carbocycles. The van der Waals surface area contributed by atoms with Crippen molar-refractivity contribution in [3.63, 3.8) is 0 Å². The number of nitrogens with zero attached hydrogens (tertiary/aromatic N) is 4. The average Bonchev–Trinajstić information content (AvgIpc) is 3.10. The number of nitrogens with one attached hydrogen (secondary N) is 2. The SMILES string of the molecule is CCNC(=NCC1(CCO)CCCCC1)NCCn1cc([N+](=O)[O-])cn1. The fraction of sp³-hybridized carbons (Fsp3) is 0.765. The lowest BCUT2D eigenvalue weighted by atomic mass is 9.72. The van der Waals surface area contributed by atoms with Gasteiger partial charge in [0.2, 0.25) is 0 Å². The van der Waals surface area contributed by atoms with Crippen LogP contribution in [0, 0.1) is 15.5 Å². The molecule has 0 aromatic carbocycles. The zero-order valence-corrected chi connectivity index (χ0v) is 15.5. The summed E-state index contributed by atoms with van der Waals surface area (Å²) in [5.41, 5.74) is 0.103.